The van der Waals surface area contributed by atoms with Crippen LogP contribution in [0, 0.1) is 0 Å². The predicted molar refractivity (Wildman–Crippen MR) is 89.7 cm³/mol. The third-order valence-corrected chi connectivity index (χ3v) is 8.50. The number of benzene rings is 2. The molecule has 0 aliphatic rings. The van der Waals surface area contributed by atoms with Gasteiger partial charge in [0.05, 0.1) is 20.1 Å². The van der Waals surface area contributed by atoms with E-state index in [9.17, 15) is 0 Å². The lowest BCUT2D eigenvalue weighted by Gasteiger charge is -2.21. The van der Waals surface area contributed by atoms with Gasteiger partial charge in [-0.25, -0.2) is 0 Å². The van der Waals surface area contributed by atoms with Gasteiger partial charge in [-0.05, 0) is 41.2 Å². The quantitative estimate of drug-likeness (QED) is 0.502. The molecule has 0 radical (unpaired) electrons. The maximum absolute atomic E-state index is 6.77. The van der Waals surface area contributed by atoms with Gasteiger partial charge >= 0.3 is 0 Å². The lowest BCUT2D eigenvalue weighted by molar-refractivity contribution is 1.71. The Bertz CT molecular complexity index is 571. The van der Waals surface area contributed by atoms with Crippen LogP contribution in [-0.4, -0.2) is 7.38 Å². The Morgan fingerprint density at radius 1 is 0.684 bits per heavy atom. The molecule has 0 fully saturated rings. The maximum atomic E-state index is 6.77. The molecule has 100 valence electrons. The first-order valence-electron chi connectivity index (χ1n) is 5.42. The number of hydrogen-bond acceptors (Lipinski definition) is 0. The summed E-state index contributed by atoms with van der Waals surface area (Å²) in [6.45, 7) is 2.01. The Balaban J connectivity index is 2.51. The molecule has 0 nitrogen and oxygen atoms in total. The molecule has 0 saturated carbocycles. The number of rotatable bonds is 2. The lowest BCUT2D eigenvalue weighted by atomic mass is 10.3. The third kappa shape index (κ3) is 3.23. The summed E-state index contributed by atoms with van der Waals surface area (Å²) in [4.78, 5) is 0. The van der Waals surface area contributed by atoms with E-state index in [0.29, 0.717) is 20.1 Å². The second kappa shape index (κ2) is 5.85. The van der Waals surface area contributed by atoms with Crippen molar-refractivity contribution in [3.05, 3.63) is 56.5 Å². The smallest absolute Gasteiger partial charge is 0.155 e. The highest BCUT2D eigenvalue weighted by molar-refractivity contribution is 7.33. The molecule has 0 saturated heterocycles. The van der Waals surface area contributed by atoms with Gasteiger partial charge in [-0.3, -0.25) is 0 Å². The Kier molecular flexibility index (Phi) is 4.77. The van der Waals surface area contributed by atoms with Crippen molar-refractivity contribution in [1.82, 2.24) is 0 Å². The second-order valence-corrected chi connectivity index (χ2v) is 11.3. The lowest BCUT2D eigenvalue weighted by Crippen LogP contribution is -2.50. The van der Waals surface area contributed by atoms with Crippen molar-refractivity contribution in [2.75, 3.05) is 0 Å². The van der Waals surface area contributed by atoms with Crippen LogP contribution < -0.4 is 10.4 Å². The van der Waals surface area contributed by atoms with Crippen molar-refractivity contribution in [3.8, 4) is 0 Å². The molecule has 2 aromatic carbocycles. The molecule has 0 bridgehead atoms. The summed E-state index contributed by atoms with van der Waals surface area (Å²) in [6.07, 6.45) is 0. The van der Waals surface area contributed by atoms with E-state index in [4.69, 9.17) is 57.5 Å². The zero-order valence-electron chi connectivity index (χ0n) is 9.85. The van der Waals surface area contributed by atoms with Gasteiger partial charge < -0.3 is 0 Å². The van der Waals surface area contributed by atoms with Gasteiger partial charge in [0.25, 0.3) is 0 Å². The molecule has 19 heavy (non-hydrogen) atoms. The standard InChI is InChI=1S/C13H9Cl5Si/c1-19(18,8-2-4-10(14)12(16)6-8)9-3-5-11(15)13(17)7-9/h2-7H,1H3. The summed E-state index contributed by atoms with van der Waals surface area (Å²) < 4.78 is 0. The van der Waals surface area contributed by atoms with E-state index in [1.54, 1.807) is 12.1 Å². The van der Waals surface area contributed by atoms with E-state index in [1.165, 1.54) is 0 Å². The summed E-state index contributed by atoms with van der Waals surface area (Å²) in [5.41, 5.74) is 0. The Hall–Kier alpha value is 0.107. The van der Waals surface area contributed by atoms with Gasteiger partial charge in [0.15, 0.2) is 0 Å². The summed E-state index contributed by atoms with van der Waals surface area (Å²) in [5.74, 6) is 0. The highest BCUT2D eigenvalue weighted by Gasteiger charge is 2.30. The highest BCUT2D eigenvalue weighted by Crippen LogP contribution is 2.24. The van der Waals surface area contributed by atoms with Gasteiger partial charge in [-0.15, -0.1) is 0 Å². The molecule has 0 N–H and O–H groups in total. The van der Waals surface area contributed by atoms with Crippen molar-refractivity contribution >= 4 is 75.2 Å². The molecule has 0 unspecified atom stereocenters. The molecule has 0 aromatic heterocycles. The summed E-state index contributed by atoms with van der Waals surface area (Å²) in [5, 5.41) is 3.98. The average Bonchev–Trinajstić information content (AvgIpc) is 2.35. The van der Waals surface area contributed by atoms with E-state index >= 15 is 0 Å². The minimum absolute atomic E-state index is 0.499. The minimum atomic E-state index is -2.38. The molecule has 2 aromatic rings. The van der Waals surface area contributed by atoms with Crippen molar-refractivity contribution in [2.45, 2.75) is 6.55 Å². The van der Waals surface area contributed by atoms with Crippen LogP contribution in [0.3, 0.4) is 0 Å². The van der Waals surface area contributed by atoms with E-state index in [1.807, 2.05) is 30.8 Å². The van der Waals surface area contributed by atoms with Gasteiger partial charge in [0.2, 0.25) is 7.38 Å². The topological polar surface area (TPSA) is 0 Å². The largest absolute Gasteiger partial charge is 0.214 e. The van der Waals surface area contributed by atoms with Crippen LogP contribution in [0.4, 0.5) is 0 Å². The minimum Gasteiger partial charge on any atom is -0.155 e. The van der Waals surface area contributed by atoms with Crippen molar-refractivity contribution in [3.63, 3.8) is 0 Å². The van der Waals surface area contributed by atoms with Crippen LogP contribution in [0.15, 0.2) is 36.4 Å². The molecule has 0 heterocycles. The molecule has 0 spiro atoms. The zero-order chi connectivity index (χ0) is 14.2. The monoisotopic (exact) mass is 368 g/mol. The molecule has 0 atom stereocenters. The number of hydrogen-bond donors (Lipinski definition) is 0. The Labute approximate surface area is 137 Å². The SMILES string of the molecule is C[Si](Cl)(c1ccc(Cl)c(Cl)c1)c1ccc(Cl)c(Cl)c1. The van der Waals surface area contributed by atoms with Gasteiger partial charge in [0, 0.05) is 0 Å². The molecule has 0 aliphatic carbocycles. The van der Waals surface area contributed by atoms with Gasteiger partial charge in [0.1, 0.15) is 0 Å². The average molecular weight is 371 g/mol. The van der Waals surface area contributed by atoms with Crippen molar-refractivity contribution < 1.29 is 0 Å². The Morgan fingerprint density at radius 3 is 1.37 bits per heavy atom. The van der Waals surface area contributed by atoms with Gasteiger partial charge in [-0.1, -0.05) is 58.5 Å². The molecule has 0 aliphatic heterocycles. The highest BCUT2D eigenvalue weighted by atomic mass is 35.6. The van der Waals surface area contributed by atoms with Crippen LogP contribution in [0.2, 0.25) is 26.6 Å². The summed E-state index contributed by atoms with van der Waals surface area (Å²) >= 11 is 30.7. The molecule has 2 rings (SSSR count). The zero-order valence-corrected chi connectivity index (χ0v) is 14.6. The van der Waals surface area contributed by atoms with E-state index in [2.05, 4.69) is 0 Å². The fourth-order valence-electron chi connectivity index (χ4n) is 1.74. The molecular weight excluding hydrogens is 361 g/mol. The summed E-state index contributed by atoms with van der Waals surface area (Å²) in [6, 6.07) is 10.9. The van der Waals surface area contributed by atoms with Gasteiger partial charge in [-0.2, -0.15) is 11.1 Å². The summed E-state index contributed by atoms with van der Waals surface area (Å²) in [7, 11) is -2.38. The second-order valence-electron chi connectivity index (χ2n) is 4.26. The van der Waals surface area contributed by atoms with Crippen molar-refractivity contribution in [1.29, 1.82) is 0 Å². The first-order valence-corrected chi connectivity index (χ1v) is 10.4. The Morgan fingerprint density at radius 2 is 1.05 bits per heavy atom. The van der Waals surface area contributed by atoms with Crippen LogP contribution in [0.5, 0.6) is 0 Å². The first kappa shape index (κ1) is 15.5. The first-order chi connectivity index (χ1) is 8.82. The van der Waals surface area contributed by atoms with E-state index in [0.717, 1.165) is 10.4 Å². The molecular formula is C13H9Cl5Si. The fourth-order valence-corrected chi connectivity index (χ4v) is 5.18. The predicted octanol–water partition coefficient (Wildman–Crippen LogP) is 5.23. The maximum Gasteiger partial charge on any atom is 0.214 e. The van der Waals surface area contributed by atoms with Crippen molar-refractivity contribution in [2.24, 2.45) is 0 Å². The van der Waals surface area contributed by atoms with Crippen LogP contribution >= 0.6 is 57.5 Å². The van der Waals surface area contributed by atoms with E-state index < -0.39 is 7.38 Å². The van der Waals surface area contributed by atoms with Crippen LogP contribution in [-0.2, 0) is 0 Å². The molecule has 6 heteroatoms. The third-order valence-electron chi connectivity index (χ3n) is 2.92. The normalized spacial score (nSPS) is 11.7. The molecule has 0 amide bonds. The van der Waals surface area contributed by atoms with Crippen LogP contribution in [0.1, 0.15) is 0 Å². The number of halogens is 5. The van der Waals surface area contributed by atoms with E-state index in [-0.39, 0.29) is 0 Å². The van der Waals surface area contributed by atoms with Crippen LogP contribution in [0.25, 0.3) is 0 Å². The fraction of sp³-hybridized carbons (Fsp3) is 0.0769.